The Morgan fingerprint density at radius 2 is 1.85 bits per heavy atom. The van der Waals surface area contributed by atoms with Crippen LogP contribution < -0.4 is 5.32 Å². The van der Waals surface area contributed by atoms with Crippen molar-refractivity contribution in [1.82, 2.24) is 10.2 Å². The Morgan fingerprint density at radius 1 is 1.10 bits per heavy atom. The van der Waals surface area contributed by atoms with Gasteiger partial charge < -0.3 is 5.32 Å². The molecular weight excluding hydrogens is 284 g/mol. The third kappa shape index (κ3) is 5.02. The molecule has 2 rings (SSSR count). The fourth-order valence-electron chi connectivity index (χ4n) is 2.03. The summed E-state index contributed by atoms with van der Waals surface area (Å²) < 4.78 is 0. The van der Waals surface area contributed by atoms with Crippen LogP contribution in [-0.2, 0) is 19.6 Å². The minimum absolute atomic E-state index is 0.548. The monoisotopic (exact) mass is 308 g/mol. The lowest BCUT2D eigenvalue weighted by molar-refractivity contribution is 0.276. The molecule has 2 nitrogen and oxygen atoms in total. The zero-order valence-corrected chi connectivity index (χ0v) is 14.2. The van der Waals surface area contributed by atoms with E-state index in [2.05, 4.69) is 60.6 Å². The Kier molecular flexibility index (Phi) is 6.23. The molecule has 20 heavy (non-hydrogen) atoms. The number of nitrogens with one attached hydrogen (secondary N) is 1. The lowest BCUT2D eigenvalue weighted by Gasteiger charge is -2.18. The van der Waals surface area contributed by atoms with Gasteiger partial charge in [-0.15, -0.1) is 22.7 Å². The second-order valence-corrected chi connectivity index (χ2v) is 7.57. The van der Waals surface area contributed by atoms with Crippen LogP contribution in [-0.4, -0.2) is 17.5 Å². The first-order valence-corrected chi connectivity index (χ1v) is 8.92. The van der Waals surface area contributed by atoms with Crippen LogP contribution >= 0.6 is 22.7 Å². The highest BCUT2D eigenvalue weighted by Gasteiger charge is 2.08. The van der Waals surface area contributed by atoms with Crippen LogP contribution in [0.5, 0.6) is 0 Å². The molecule has 0 spiro atoms. The number of thiophene rings is 2. The summed E-state index contributed by atoms with van der Waals surface area (Å²) in [6.07, 6.45) is 0. The van der Waals surface area contributed by atoms with Gasteiger partial charge in [0.05, 0.1) is 0 Å². The van der Waals surface area contributed by atoms with E-state index < -0.39 is 0 Å². The molecule has 0 bridgehead atoms. The predicted octanol–water partition coefficient (Wildman–Crippen LogP) is 4.33. The fraction of sp³-hybridized carbons (Fsp3) is 0.500. The standard InChI is InChI=1S/C16H24N2S2/c1-4-18(11-15-6-5-9-19-15)12-16-8-7-14(20-16)10-17-13(2)3/h5-9,13,17H,4,10-12H2,1-3H3. The van der Waals surface area contributed by atoms with Crippen LogP contribution in [0, 0.1) is 0 Å². The van der Waals surface area contributed by atoms with Crippen molar-refractivity contribution in [1.29, 1.82) is 0 Å². The molecule has 0 amide bonds. The minimum atomic E-state index is 0.548. The second kappa shape index (κ2) is 7.93. The predicted molar refractivity (Wildman–Crippen MR) is 90.4 cm³/mol. The first kappa shape index (κ1) is 15.7. The van der Waals surface area contributed by atoms with Crippen molar-refractivity contribution in [2.75, 3.05) is 6.54 Å². The summed E-state index contributed by atoms with van der Waals surface area (Å²) in [5.41, 5.74) is 0. The number of hydrogen-bond acceptors (Lipinski definition) is 4. The highest BCUT2D eigenvalue weighted by atomic mass is 32.1. The Hall–Kier alpha value is -0.680. The van der Waals surface area contributed by atoms with E-state index in [1.165, 1.54) is 14.6 Å². The highest BCUT2D eigenvalue weighted by Crippen LogP contribution is 2.20. The Morgan fingerprint density at radius 3 is 2.50 bits per heavy atom. The Balaban J connectivity index is 1.87. The smallest absolute Gasteiger partial charge is 0.0331 e. The first-order valence-electron chi connectivity index (χ1n) is 7.23. The molecule has 0 fully saturated rings. The zero-order valence-electron chi connectivity index (χ0n) is 12.6. The number of hydrogen-bond donors (Lipinski definition) is 1. The van der Waals surface area contributed by atoms with Crippen LogP contribution in [0.3, 0.4) is 0 Å². The van der Waals surface area contributed by atoms with E-state index in [1.54, 1.807) is 0 Å². The molecule has 2 aromatic rings. The molecule has 0 saturated heterocycles. The van der Waals surface area contributed by atoms with Gasteiger partial charge in [-0.1, -0.05) is 26.8 Å². The second-order valence-electron chi connectivity index (χ2n) is 5.29. The van der Waals surface area contributed by atoms with Crippen molar-refractivity contribution < 1.29 is 0 Å². The highest BCUT2D eigenvalue weighted by molar-refractivity contribution is 7.12. The van der Waals surface area contributed by atoms with Gasteiger partial charge in [0.15, 0.2) is 0 Å². The SMILES string of the molecule is CCN(Cc1cccs1)Cc1ccc(CNC(C)C)s1. The van der Waals surface area contributed by atoms with E-state index in [9.17, 15) is 0 Å². The molecule has 0 radical (unpaired) electrons. The van der Waals surface area contributed by atoms with Crippen LogP contribution in [0.25, 0.3) is 0 Å². The molecule has 0 atom stereocenters. The van der Waals surface area contributed by atoms with E-state index >= 15 is 0 Å². The molecule has 0 aliphatic rings. The van der Waals surface area contributed by atoms with Gasteiger partial charge in [0.1, 0.15) is 0 Å². The summed E-state index contributed by atoms with van der Waals surface area (Å²) in [7, 11) is 0. The van der Waals surface area contributed by atoms with E-state index in [0.717, 1.165) is 26.2 Å². The van der Waals surface area contributed by atoms with Crippen molar-refractivity contribution in [2.45, 2.75) is 46.4 Å². The van der Waals surface area contributed by atoms with Crippen molar-refractivity contribution >= 4 is 22.7 Å². The number of rotatable bonds is 8. The van der Waals surface area contributed by atoms with E-state index in [-0.39, 0.29) is 0 Å². The van der Waals surface area contributed by atoms with Crippen molar-refractivity contribution in [2.24, 2.45) is 0 Å². The summed E-state index contributed by atoms with van der Waals surface area (Å²) in [6.45, 7) is 10.8. The normalized spacial score (nSPS) is 11.7. The molecule has 0 aliphatic carbocycles. The van der Waals surface area contributed by atoms with Crippen LogP contribution in [0.1, 0.15) is 35.4 Å². The van der Waals surface area contributed by atoms with Crippen LogP contribution in [0.2, 0.25) is 0 Å². The lowest BCUT2D eigenvalue weighted by atomic mass is 10.3. The summed E-state index contributed by atoms with van der Waals surface area (Å²) in [6, 6.07) is 9.44. The van der Waals surface area contributed by atoms with Crippen molar-refractivity contribution in [3.8, 4) is 0 Å². The molecule has 0 aromatic carbocycles. The Bertz CT molecular complexity index is 488. The van der Waals surface area contributed by atoms with Gasteiger partial charge in [-0.3, -0.25) is 4.90 Å². The zero-order chi connectivity index (χ0) is 14.4. The lowest BCUT2D eigenvalue weighted by Crippen LogP contribution is -2.21. The van der Waals surface area contributed by atoms with E-state index in [1.807, 2.05) is 22.7 Å². The Labute approximate surface area is 130 Å². The molecule has 2 aromatic heterocycles. The summed E-state index contributed by atoms with van der Waals surface area (Å²) in [5, 5.41) is 5.63. The van der Waals surface area contributed by atoms with Crippen LogP contribution in [0.4, 0.5) is 0 Å². The molecule has 2 heterocycles. The average Bonchev–Trinajstić information content (AvgIpc) is 3.07. The van der Waals surface area contributed by atoms with E-state index in [4.69, 9.17) is 0 Å². The van der Waals surface area contributed by atoms with E-state index in [0.29, 0.717) is 6.04 Å². The van der Waals surface area contributed by atoms with Gasteiger partial charge in [-0.05, 0) is 30.1 Å². The maximum atomic E-state index is 3.48. The molecule has 0 unspecified atom stereocenters. The molecule has 110 valence electrons. The first-order chi connectivity index (χ1) is 9.67. The van der Waals surface area contributed by atoms with Gasteiger partial charge in [-0.25, -0.2) is 0 Å². The largest absolute Gasteiger partial charge is 0.310 e. The third-order valence-electron chi connectivity index (χ3n) is 3.19. The topological polar surface area (TPSA) is 15.3 Å². The van der Waals surface area contributed by atoms with Gasteiger partial charge >= 0.3 is 0 Å². The summed E-state index contributed by atoms with van der Waals surface area (Å²) >= 11 is 3.78. The average molecular weight is 309 g/mol. The van der Waals surface area contributed by atoms with Gasteiger partial charge in [0, 0.05) is 40.3 Å². The maximum absolute atomic E-state index is 3.48. The summed E-state index contributed by atoms with van der Waals surface area (Å²) in [5.74, 6) is 0. The number of nitrogens with zero attached hydrogens (tertiary/aromatic N) is 1. The molecule has 4 heteroatoms. The quantitative estimate of drug-likeness (QED) is 0.781. The van der Waals surface area contributed by atoms with Gasteiger partial charge in [0.2, 0.25) is 0 Å². The third-order valence-corrected chi connectivity index (χ3v) is 5.12. The molecule has 1 N–H and O–H groups in total. The fourth-order valence-corrected chi connectivity index (χ4v) is 3.79. The molecule has 0 saturated carbocycles. The summed E-state index contributed by atoms with van der Waals surface area (Å²) in [4.78, 5) is 6.84. The van der Waals surface area contributed by atoms with Crippen molar-refractivity contribution in [3.05, 3.63) is 44.3 Å². The molecular formula is C16H24N2S2. The van der Waals surface area contributed by atoms with Crippen LogP contribution in [0.15, 0.2) is 29.6 Å². The van der Waals surface area contributed by atoms with Gasteiger partial charge in [0.25, 0.3) is 0 Å². The van der Waals surface area contributed by atoms with Gasteiger partial charge in [-0.2, -0.15) is 0 Å². The van der Waals surface area contributed by atoms with Crippen molar-refractivity contribution in [3.63, 3.8) is 0 Å². The minimum Gasteiger partial charge on any atom is -0.310 e. The molecule has 0 aliphatic heterocycles. The maximum Gasteiger partial charge on any atom is 0.0331 e.